The van der Waals surface area contributed by atoms with Crippen molar-refractivity contribution in [2.75, 3.05) is 13.7 Å². The molecule has 0 saturated carbocycles. The van der Waals surface area contributed by atoms with Crippen LogP contribution >= 0.6 is 0 Å². The third-order valence-electron chi connectivity index (χ3n) is 1.82. The summed E-state index contributed by atoms with van der Waals surface area (Å²) in [6, 6.07) is 7.60. The van der Waals surface area contributed by atoms with Crippen LogP contribution in [0.1, 0.15) is 12.5 Å². The highest BCUT2D eigenvalue weighted by molar-refractivity contribution is 6.00. The minimum atomic E-state index is 0.643. The first-order chi connectivity index (χ1) is 6.83. The van der Waals surface area contributed by atoms with Gasteiger partial charge in [-0.3, -0.25) is 4.99 Å². The van der Waals surface area contributed by atoms with Gasteiger partial charge in [0, 0.05) is 6.54 Å². The zero-order valence-electron chi connectivity index (χ0n) is 8.45. The molecule has 0 radical (unpaired) electrons. The lowest BCUT2D eigenvalue weighted by atomic mass is 10.2. The van der Waals surface area contributed by atoms with Crippen molar-refractivity contribution in [1.29, 1.82) is 0 Å². The van der Waals surface area contributed by atoms with Gasteiger partial charge in [-0.1, -0.05) is 12.1 Å². The molecule has 0 saturated heterocycles. The van der Waals surface area contributed by atoms with Gasteiger partial charge in [-0.05, 0) is 19.1 Å². The van der Waals surface area contributed by atoms with E-state index in [1.54, 1.807) is 7.11 Å². The average molecular weight is 193 g/mol. The number of nitrogens with one attached hydrogen (secondary N) is 1. The molecule has 0 atom stereocenters. The summed E-state index contributed by atoms with van der Waals surface area (Å²) in [5.74, 6) is 6.78. The van der Waals surface area contributed by atoms with Gasteiger partial charge < -0.3 is 10.2 Å². The van der Waals surface area contributed by atoms with Crippen LogP contribution in [0.15, 0.2) is 29.3 Å². The molecule has 0 amide bonds. The summed E-state index contributed by atoms with van der Waals surface area (Å²) >= 11 is 0. The number of rotatable bonds is 3. The molecule has 14 heavy (non-hydrogen) atoms. The number of hydrazine groups is 1. The van der Waals surface area contributed by atoms with Crippen LogP contribution in [-0.4, -0.2) is 19.5 Å². The maximum absolute atomic E-state index is 5.38. The van der Waals surface area contributed by atoms with Crippen LogP contribution in [0.2, 0.25) is 0 Å². The zero-order valence-corrected chi connectivity index (χ0v) is 8.45. The van der Waals surface area contributed by atoms with E-state index in [2.05, 4.69) is 10.4 Å². The van der Waals surface area contributed by atoms with Crippen LogP contribution in [0, 0.1) is 0 Å². The number of aliphatic imine (C=N–C) groups is 1. The lowest BCUT2D eigenvalue weighted by Gasteiger charge is -2.09. The third kappa shape index (κ3) is 2.23. The summed E-state index contributed by atoms with van der Waals surface area (Å²) in [7, 11) is 1.62. The van der Waals surface area contributed by atoms with Crippen molar-refractivity contribution < 1.29 is 4.74 Å². The number of ether oxygens (including phenoxy) is 1. The maximum atomic E-state index is 5.38. The number of benzene rings is 1. The maximum Gasteiger partial charge on any atom is 0.146 e. The van der Waals surface area contributed by atoms with Gasteiger partial charge in [-0.25, -0.2) is 5.84 Å². The van der Waals surface area contributed by atoms with Crippen LogP contribution < -0.4 is 16.0 Å². The minimum absolute atomic E-state index is 0.643. The second-order valence-electron chi connectivity index (χ2n) is 2.67. The Labute approximate surface area is 83.8 Å². The molecule has 1 rings (SSSR count). The smallest absolute Gasteiger partial charge is 0.146 e. The van der Waals surface area contributed by atoms with E-state index in [-0.39, 0.29) is 0 Å². The molecule has 76 valence electrons. The van der Waals surface area contributed by atoms with Crippen LogP contribution in [0.25, 0.3) is 0 Å². The second-order valence-corrected chi connectivity index (χ2v) is 2.67. The van der Waals surface area contributed by atoms with Gasteiger partial charge in [-0.2, -0.15) is 0 Å². The number of amidine groups is 1. The van der Waals surface area contributed by atoms with Gasteiger partial charge >= 0.3 is 0 Å². The molecule has 1 aromatic rings. The molecule has 0 heterocycles. The number of methoxy groups -OCH3 is 1. The predicted octanol–water partition coefficient (Wildman–Crippen LogP) is 0.925. The number of hydrogen-bond donors (Lipinski definition) is 2. The van der Waals surface area contributed by atoms with Crippen molar-refractivity contribution in [2.24, 2.45) is 10.8 Å². The van der Waals surface area contributed by atoms with Crippen molar-refractivity contribution in [2.45, 2.75) is 6.92 Å². The summed E-state index contributed by atoms with van der Waals surface area (Å²) in [5, 5.41) is 0. The van der Waals surface area contributed by atoms with Gasteiger partial charge in [0.1, 0.15) is 11.6 Å². The number of para-hydroxylation sites is 1. The average Bonchev–Trinajstić information content (AvgIpc) is 2.26. The SMILES string of the molecule is CCN=C(NN)c1ccccc1OC. The number of hydrogen-bond acceptors (Lipinski definition) is 3. The van der Waals surface area contributed by atoms with Crippen molar-refractivity contribution in [3.8, 4) is 5.75 Å². The fraction of sp³-hybridized carbons (Fsp3) is 0.300. The Morgan fingerprint density at radius 1 is 1.50 bits per heavy atom. The van der Waals surface area contributed by atoms with E-state index in [0.29, 0.717) is 12.4 Å². The van der Waals surface area contributed by atoms with E-state index in [0.717, 1.165) is 11.3 Å². The molecule has 0 aromatic heterocycles. The summed E-state index contributed by atoms with van der Waals surface area (Å²) in [5.41, 5.74) is 3.44. The number of nitrogens with zero attached hydrogens (tertiary/aromatic N) is 1. The van der Waals surface area contributed by atoms with Crippen molar-refractivity contribution in [3.63, 3.8) is 0 Å². The first-order valence-corrected chi connectivity index (χ1v) is 4.48. The van der Waals surface area contributed by atoms with Crippen molar-refractivity contribution >= 4 is 5.84 Å². The van der Waals surface area contributed by atoms with E-state index >= 15 is 0 Å². The van der Waals surface area contributed by atoms with Crippen LogP contribution in [-0.2, 0) is 0 Å². The summed E-state index contributed by atoms with van der Waals surface area (Å²) in [4.78, 5) is 4.22. The molecule has 4 nitrogen and oxygen atoms in total. The van der Waals surface area contributed by atoms with Gasteiger partial charge in [0.15, 0.2) is 0 Å². The largest absolute Gasteiger partial charge is 0.496 e. The Morgan fingerprint density at radius 3 is 2.79 bits per heavy atom. The molecule has 0 aliphatic carbocycles. The van der Waals surface area contributed by atoms with Gasteiger partial charge in [0.2, 0.25) is 0 Å². The summed E-state index contributed by atoms with van der Waals surface area (Å²) in [6.07, 6.45) is 0. The Kier molecular flexibility index (Phi) is 3.94. The van der Waals surface area contributed by atoms with Crippen molar-refractivity contribution in [3.05, 3.63) is 29.8 Å². The normalized spacial score (nSPS) is 11.2. The van der Waals surface area contributed by atoms with Crippen molar-refractivity contribution in [1.82, 2.24) is 5.43 Å². The monoisotopic (exact) mass is 193 g/mol. The van der Waals surface area contributed by atoms with Crippen LogP contribution in [0.4, 0.5) is 0 Å². The molecule has 1 aromatic carbocycles. The van der Waals surface area contributed by atoms with E-state index in [9.17, 15) is 0 Å². The van der Waals surface area contributed by atoms with Crippen LogP contribution in [0.3, 0.4) is 0 Å². The topological polar surface area (TPSA) is 59.6 Å². The predicted molar refractivity (Wildman–Crippen MR) is 57.4 cm³/mol. The Bertz CT molecular complexity index is 323. The molecule has 0 aliphatic heterocycles. The van der Waals surface area contributed by atoms with E-state index in [4.69, 9.17) is 10.6 Å². The molecule has 0 unspecified atom stereocenters. The second kappa shape index (κ2) is 5.24. The standard InChI is InChI=1S/C10H15N3O/c1-3-12-10(13-11)8-6-4-5-7-9(8)14-2/h4-7H,3,11H2,1-2H3,(H,12,13). The molecule has 0 aliphatic rings. The third-order valence-corrected chi connectivity index (χ3v) is 1.82. The lowest BCUT2D eigenvalue weighted by molar-refractivity contribution is 0.413. The molecular weight excluding hydrogens is 178 g/mol. The first-order valence-electron chi connectivity index (χ1n) is 4.48. The Morgan fingerprint density at radius 2 is 2.21 bits per heavy atom. The zero-order chi connectivity index (χ0) is 10.4. The van der Waals surface area contributed by atoms with Gasteiger partial charge in [-0.15, -0.1) is 0 Å². The molecule has 0 fully saturated rings. The highest BCUT2D eigenvalue weighted by Gasteiger charge is 2.06. The highest BCUT2D eigenvalue weighted by atomic mass is 16.5. The fourth-order valence-corrected chi connectivity index (χ4v) is 1.21. The van der Waals surface area contributed by atoms with E-state index in [1.807, 2.05) is 31.2 Å². The van der Waals surface area contributed by atoms with Crippen LogP contribution in [0.5, 0.6) is 5.75 Å². The summed E-state index contributed by atoms with van der Waals surface area (Å²) in [6.45, 7) is 2.63. The molecule has 0 bridgehead atoms. The van der Waals surface area contributed by atoms with E-state index in [1.165, 1.54) is 0 Å². The quantitative estimate of drug-likeness (QED) is 0.325. The first kappa shape index (κ1) is 10.5. The van der Waals surface area contributed by atoms with E-state index < -0.39 is 0 Å². The molecule has 4 heteroatoms. The number of nitrogens with two attached hydrogens (primary N) is 1. The minimum Gasteiger partial charge on any atom is -0.496 e. The Hall–Kier alpha value is -1.55. The van der Waals surface area contributed by atoms with Gasteiger partial charge in [0.25, 0.3) is 0 Å². The molecular formula is C10H15N3O. The lowest BCUT2D eigenvalue weighted by Crippen LogP contribution is -2.31. The summed E-state index contributed by atoms with van der Waals surface area (Å²) < 4.78 is 5.20. The fourth-order valence-electron chi connectivity index (χ4n) is 1.21. The molecule has 3 N–H and O–H groups in total. The molecule has 0 spiro atoms. The highest BCUT2D eigenvalue weighted by Crippen LogP contribution is 2.16. The Balaban J connectivity index is 3.09. The van der Waals surface area contributed by atoms with Gasteiger partial charge in [0.05, 0.1) is 12.7 Å².